The molecule has 2 N–H and O–H groups in total. The molecule has 0 bridgehead atoms. The molecule has 0 aliphatic rings. The van der Waals surface area contributed by atoms with Gasteiger partial charge in [-0.15, -0.1) is 0 Å². The van der Waals surface area contributed by atoms with Crippen molar-refractivity contribution in [1.29, 1.82) is 0 Å². The third-order valence-electron chi connectivity index (χ3n) is 4.63. The van der Waals surface area contributed by atoms with Gasteiger partial charge in [0, 0.05) is 35.3 Å². The molecule has 3 aromatic carbocycles. The third kappa shape index (κ3) is 5.91. The van der Waals surface area contributed by atoms with Crippen LogP contribution in [0.4, 0.5) is 5.69 Å². The summed E-state index contributed by atoms with van der Waals surface area (Å²) < 4.78 is 26.2. The van der Waals surface area contributed by atoms with E-state index in [0.717, 1.165) is 8.78 Å². The van der Waals surface area contributed by atoms with E-state index in [0.29, 0.717) is 16.8 Å². The van der Waals surface area contributed by atoms with Crippen LogP contribution in [0.2, 0.25) is 0 Å². The largest absolute Gasteiger partial charge is 0.332 e. The molecule has 0 aliphatic heterocycles. The number of sulfonamides is 1. The van der Waals surface area contributed by atoms with Gasteiger partial charge in [0.2, 0.25) is 10.0 Å². The molecule has 0 fully saturated rings. The van der Waals surface area contributed by atoms with Crippen molar-refractivity contribution in [1.82, 2.24) is 9.62 Å². The zero-order valence-electron chi connectivity index (χ0n) is 17.7. The van der Waals surface area contributed by atoms with Gasteiger partial charge < -0.3 is 5.32 Å². The van der Waals surface area contributed by atoms with Gasteiger partial charge in [-0.05, 0) is 54.7 Å². The summed E-state index contributed by atoms with van der Waals surface area (Å²) in [6, 6.07) is 19.4. The number of carbonyl (C=O) groups is 2. The fourth-order valence-electron chi connectivity index (χ4n) is 2.88. The SMILES string of the molecule is CN(C)S(=O)(=O)c1ccc(C(=O)NC(=S)Nc2ccc(Br)cc2C(=O)c2ccccc2)cc1. The van der Waals surface area contributed by atoms with E-state index < -0.39 is 15.9 Å². The first kappa shape index (κ1) is 24.7. The topological polar surface area (TPSA) is 95.6 Å². The van der Waals surface area contributed by atoms with E-state index in [1.165, 1.54) is 38.4 Å². The van der Waals surface area contributed by atoms with E-state index in [1.807, 2.05) is 6.07 Å². The molecule has 3 aromatic rings. The zero-order valence-corrected chi connectivity index (χ0v) is 20.9. The van der Waals surface area contributed by atoms with Crippen molar-refractivity contribution in [2.24, 2.45) is 0 Å². The van der Waals surface area contributed by atoms with Gasteiger partial charge in [-0.2, -0.15) is 0 Å². The first-order valence-corrected chi connectivity index (χ1v) is 12.3. The Kier molecular flexibility index (Phi) is 7.75. The van der Waals surface area contributed by atoms with Crippen LogP contribution in [-0.2, 0) is 10.0 Å². The van der Waals surface area contributed by atoms with Gasteiger partial charge in [0.05, 0.1) is 10.6 Å². The van der Waals surface area contributed by atoms with Crippen LogP contribution in [0.3, 0.4) is 0 Å². The van der Waals surface area contributed by atoms with Crippen LogP contribution in [0.25, 0.3) is 0 Å². The summed E-state index contributed by atoms with van der Waals surface area (Å²) in [4.78, 5) is 25.6. The molecule has 3 rings (SSSR count). The average molecular weight is 546 g/mol. The molecule has 0 saturated carbocycles. The van der Waals surface area contributed by atoms with E-state index in [9.17, 15) is 18.0 Å². The number of nitrogens with zero attached hydrogens (tertiary/aromatic N) is 1. The Bertz CT molecular complexity index is 1310. The summed E-state index contributed by atoms with van der Waals surface area (Å²) in [5, 5.41) is 5.43. The monoisotopic (exact) mass is 545 g/mol. The van der Waals surface area contributed by atoms with E-state index in [4.69, 9.17) is 12.2 Å². The predicted octanol–water partition coefficient (Wildman–Crippen LogP) is 4.06. The minimum atomic E-state index is -3.59. The van der Waals surface area contributed by atoms with Crippen LogP contribution in [-0.4, -0.2) is 43.6 Å². The first-order chi connectivity index (χ1) is 15.6. The number of ketones is 1. The lowest BCUT2D eigenvalue weighted by Crippen LogP contribution is -2.34. The van der Waals surface area contributed by atoms with Crippen LogP contribution >= 0.6 is 28.1 Å². The van der Waals surface area contributed by atoms with Crippen molar-refractivity contribution >= 4 is 60.7 Å². The molecular weight excluding hydrogens is 526 g/mol. The Morgan fingerprint density at radius 2 is 1.55 bits per heavy atom. The third-order valence-corrected chi connectivity index (χ3v) is 7.16. The van der Waals surface area contributed by atoms with Crippen LogP contribution in [0.15, 0.2) is 82.2 Å². The predicted molar refractivity (Wildman–Crippen MR) is 135 cm³/mol. The number of anilines is 1. The molecule has 0 atom stereocenters. The standard InChI is InChI=1S/C23H20BrN3O4S2/c1-27(2)33(30,31)18-11-8-16(9-12-18)22(29)26-23(32)25-20-13-10-17(24)14-19(20)21(28)15-6-4-3-5-7-15/h3-14H,1-2H3,(H2,25,26,29,32). The maximum absolute atomic E-state index is 13.0. The van der Waals surface area contributed by atoms with Crippen LogP contribution < -0.4 is 10.6 Å². The second kappa shape index (κ2) is 10.3. The molecule has 0 spiro atoms. The number of amides is 1. The smallest absolute Gasteiger partial charge is 0.257 e. The number of nitrogens with one attached hydrogen (secondary N) is 2. The maximum Gasteiger partial charge on any atom is 0.257 e. The van der Waals surface area contributed by atoms with Crippen molar-refractivity contribution in [2.45, 2.75) is 4.90 Å². The van der Waals surface area contributed by atoms with E-state index in [-0.39, 0.29) is 21.4 Å². The number of hydrogen-bond acceptors (Lipinski definition) is 5. The zero-order chi connectivity index (χ0) is 24.2. The summed E-state index contributed by atoms with van der Waals surface area (Å²) in [7, 11) is -0.736. The number of carbonyl (C=O) groups excluding carboxylic acids is 2. The Labute approximate surface area is 206 Å². The van der Waals surface area contributed by atoms with E-state index in [1.54, 1.807) is 42.5 Å². The van der Waals surface area contributed by atoms with Gasteiger partial charge in [-0.1, -0.05) is 46.3 Å². The lowest BCUT2D eigenvalue weighted by molar-refractivity contribution is 0.0976. The number of hydrogen-bond donors (Lipinski definition) is 2. The Hall–Kier alpha value is -2.92. The van der Waals surface area contributed by atoms with Crippen molar-refractivity contribution in [3.63, 3.8) is 0 Å². The maximum atomic E-state index is 13.0. The van der Waals surface area contributed by atoms with Crippen molar-refractivity contribution in [3.8, 4) is 0 Å². The number of halogens is 1. The highest BCUT2D eigenvalue weighted by Gasteiger charge is 2.19. The minimum Gasteiger partial charge on any atom is -0.332 e. The molecule has 170 valence electrons. The molecule has 7 nitrogen and oxygen atoms in total. The summed E-state index contributed by atoms with van der Waals surface area (Å²) in [5.74, 6) is -0.722. The average Bonchev–Trinajstić information content (AvgIpc) is 2.80. The Balaban J connectivity index is 1.75. The van der Waals surface area contributed by atoms with E-state index in [2.05, 4.69) is 26.6 Å². The molecule has 0 heterocycles. The summed E-state index contributed by atoms with van der Waals surface area (Å²) in [6.07, 6.45) is 0. The number of rotatable bonds is 6. The first-order valence-electron chi connectivity index (χ1n) is 9.64. The number of thiocarbonyl (C=S) groups is 1. The van der Waals surface area contributed by atoms with Crippen LogP contribution in [0.1, 0.15) is 26.3 Å². The van der Waals surface area contributed by atoms with Gasteiger partial charge in [0.1, 0.15) is 0 Å². The molecule has 0 radical (unpaired) electrons. The lowest BCUT2D eigenvalue weighted by Gasteiger charge is -2.14. The highest BCUT2D eigenvalue weighted by Crippen LogP contribution is 2.24. The molecular formula is C23H20BrN3O4S2. The Morgan fingerprint density at radius 1 is 0.909 bits per heavy atom. The van der Waals surface area contributed by atoms with Crippen molar-refractivity contribution < 1.29 is 18.0 Å². The Morgan fingerprint density at radius 3 is 2.15 bits per heavy atom. The van der Waals surface area contributed by atoms with Crippen molar-refractivity contribution in [2.75, 3.05) is 19.4 Å². The van der Waals surface area contributed by atoms with Gasteiger partial charge in [0.25, 0.3) is 5.91 Å². The van der Waals surface area contributed by atoms with E-state index >= 15 is 0 Å². The van der Waals surface area contributed by atoms with Crippen LogP contribution in [0.5, 0.6) is 0 Å². The molecule has 10 heteroatoms. The summed E-state index contributed by atoms with van der Waals surface area (Å²) in [5.41, 5.74) is 1.56. The number of benzene rings is 3. The lowest BCUT2D eigenvalue weighted by atomic mass is 10.0. The van der Waals surface area contributed by atoms with Crippen molar-refractivity contribution in [3.05, 3.63) is 94.0 Å². The van der Waals surface area contributed by atoms with Gasteiger partial charge in [0.15, 0.2) is 10.9 Å². The molecule has 0 aromatic heterocycles. The fourth-order valence-corrected chi connectivity index (χ4v) is 4.34. The summed E-state index contributed by atoms with van der Waals surface area (Å²) in [6.45, 7) is 0. The molecule has 0 unspecified atom stereocenters. The quantitative estimate of drug-likeness (QED) is 0.358. The van der Waals surface area contributed by atoms with Crippen LogP contribution in [0, 0.1) is 0 Å². The highest BCUT2D eigenvalue weighted by molar-refractivity contribution is 9.10. The molecule has 0 saturated heterocycles. The van der Waals surface area contributed by atoms with Gasteiger partial charge in [-0.25, -0.2) is 12.7 Å². The highest BCUT2D eigenvalue weighted by atomic mass is 79.9. The molecule has 1 amide bonds. The second-order valence-electron chi connectivity index (χ2n) is 7.11. The fraction of sp³-hybridized carbons (Fsp3) is 0.0870. The molecule has 33 heavy (non-hydrogen) atoms. The minimum absolute atomic E-state index is 0.00516. The second-order valence-corrected chi connectivity index (χ2v) is 10.6. The normalized spacial score (nSPS) is 11.2. The van der Waals surface area contributed by atoms with Gasteiger partial charge >= 0.3 is 0 Å². The van der Waals surface area contributed by atoms with Gasteiger partial charge in [-0.3, -0.25) is 14.9 Å². The summed E-state index contributed by atoms with van der Waals surface area (Å²) >= 11 is 8.63. The molecule has 0 aliphatic carbocycles.